The molecule has 1 atom stereocenters. The van der Waals surface area contributed by atoms with Gasteiger partial charge in [0, 0.05) is 0 Å². The van der Waals surface area contributed by atoms with Crippen LogP contribution in [-0.4, -0.2) is 61.4 Å². The van der Waals surface area contributed by atoms with Gasteiger partial charge in [0.2, 0.25) is 0 Å². The van der Waals surface area contributed by atoms with Gasteiger partial charge in [-0.2, -0.15) is 5.10 Å². The Morgan fingerprint density at radius 1 is 1.24 bits per heavy atom. The maximum absolute atomic E-state index is 12.0. The summed E-state index contributed by atoms with van der Waals surface area (Å²) in [6.07, 6.45) is 0. The zero-order valence-corrected chi connectivity index (χ0v) is 12.7. The van der Waals surface area contributed by atoms with Crippen LogP contribution in [0.1, 0.15) is 20.8 Å². The fourth-order valence-corrected chi connectivity index (χ4v) is 1.60. The Morgan fingerprint density at radius 2 is 1.81 bits per heavy atom. The minimum Gasteiger partial charge on any atom is -0.465 e. The Morgan fingerprint density at radius 3 is 2.29 bits per heavy atom. The monoisotopic (exact) mass is 302 g/mol. The predicted molar refractivity (Wildman–Crippen MR) is 75.5 cm³/mol. The number of hydrazone groups is 1. The van der Waals surface area contributed by atoms with Crippen molar-refractivity contribution in [2.75, 3.05) is 26.8 Å². The number of nitrogens with two attached hydrogens (primary N) is 1. The van der Waals surface area contributed by atoms with Crippen LogP contribution in [0.25, 0.3) is 0 Å². The summed E-state index contributed by atoms with van der Waals surface area (Å²) in [4.78, 5) is 35.5. The van der Waals surface area contributed by atoms with E-state index in [0.717, 1.165) is 0 Å². The molecule has 3 N–H and O–H groups in total. The number of hydrogen-bond donors (Lipinski definition) is 2. The molecule has 0 saturated carbocycles. The lowest BCUT2D eigenvalue weighted by Gasteiger charge is -2.25. The molecule has 0 aromatic carbocycles. The molecule has 0 aromatic rings. The Bertz CT molecular complexity index is 410. The van der Waals surface area contributed by atoms with E-state index < -0.39 is 24.0 Å². The standard InChI is InChI=1S/C12H22N4O5/c1-5-20-9(17)7-16(4)10(11(18)21-6-2)8(3)14-15-12(13)19/h10H,5-7H2,1-4H3,(H3,13,15,19)/b14-8+. The molecule has 2 amide bonds. The number of rotatable bonds is 8. The lowest BCUT2D eigenvalue weighted by molar-refractivity contribution is -0.149. The summed E-state index contributed by atoms with van der Waals surface area (Å²) in [6, 6.07) is -1.79. The van der Waals surface area contributed by atoms with Gasteiger partial charge in [-0.25, -0.2) is 15.0 Å². The van der Waals surface area contributed by atoms with Gasteiger partial charge < -0.3 is 15.2 Å². The summed E-state index contributed by atoms with van der Waals surface area (Å²) < 4.78 is 9.76. The molecule has 0 fully saturated rings. The SMILES string of the molecule is CCOC(=O)CN(C)C(C(=O)OCC)/C(C)=N/NC(N)=O. The first-order valence-electron chi connectivity index (χ1n) is 6.45. The fraction of sp³-hybridized carbons (Fsp3) is 0.667. The van der Waals surface area contributed by atoms with E-state index in [1.165, 1.54) is 11.8 Å². The van der Waals surface area contributed by atoms with Crippen LogP contribution in [0.4, 0.5) is 4.79 Å². The average molecular weight is 302 g/mol. The van der Waals surface area contributed by atoms with Crippen molar-refractivity contribution in [1.82, 2.24) is 10.3 Å². The van der Waals surface area contributed by atoms with Crippen LogP contribution in [0.2, 0.25) is 0 Å². The smallest absolute Gasteiger partial charge is 0.332 e. The molecule has 0 aliphatic rings. The summed E-state index contributed by atoms with van der Waals surface area (Å²) in [5.41, 5.74) is 7.18. The predicted octanol–water partition coefficient (Wildman–Crippen LogP) is -0.543. The Hall–Kier alpha value is -2.16. The summed E-state index contributed by atoms with van der Waals surface area (Å²) in [7, 11) is 1.54. The summed E-state index contributed by atoms with van der Waals surface area (Å²) in [5.74, 6) is -1.07. The quantitative estimate of drug-likeness (QED) is 0.352. The van der Waals surface area contributed by atoms with Gasteiger partial charge in [0.25, 0.3) is 0 Å². The second kappa shape index (κ2) is 9.70. The second-order valence-electron chi connectivity index (χ2n) is 4.10. The second-order valence-corrected chi connectivity index (χ2v) is 4.10. The Balaban J connectivity index is 5.03. The number of carbonyl (C=O) groups excluding carboxylic acids is 3. The van der Waals surface area contributed by atoms with Crippen LogP contribution in [0.3, 0.4) is 0 Å². The molecule has 0 rings (SSSR count). The molecular weight excluding hydrogens is 280 g/mol. The van der Waals surface area contributed by atoms with Gasteiger partial charge in [0.15, 0.2) is 0 Å². The van der Waals surface area contributed by atoms with Crippen LogP contribution in [0.5, 0.6) is 0 Å². The topological polar surface area (TPSA) is 123 Å². The molecule has 1 unspecified atom stereocenters. The number of nitrogens with zero attached hydrogens (tertiary/aromatic N) is 2. The number of amides is 2. The molecule has 0 aliphatic carbocycles. The zero-order valence-electron chi connectivity index (χ0n) is 12.7. The van der Waals surface area contributed by atoms with Crippen molar-refractivity contribution in [3.05, 3.63) is 0 Å². The molecule has 0 aromatic heterocycles. The van der Waals surface area contributed by atoms with E-state index in [0.29, 0.717) is 0 Å². The van der Waals surface area contributed by atoms with Gasteiger partial charge in [-0.05, 0) is 27.8 Å². The van der Waals surface area contributed by atoms with Crippen molar-refractivity contribution in [2.24, 2.45) is 10.8 Å². The van der Waals surface area contributed by atoms with Gasteiger partial charge >= 0.3 is 18.0 Å². The molecule has 0 heterocycles. The fourth-order valence-electron chi connectivity index (χ4n) is 1.60. The van der Waals surface area contributed by atoms with Gasteiger partial charge in [-0.3, -0.25) is 9.69 Å². The van der Waals surface area contributed by atoms with Crippen LogP contribution in [0.15, 0.2) is 5.10 Å². The summed E-state index contributed by atoms with van der Waals surface area (Å²) >= 11 is 0. The van der Waals surface area contributed by atoms with Gasteiger partial charge in [0.1, 0.15) is 6.04 Å². The first-order valence-corrected chi connectivity index (χ1v) is 6.45. The number of nitrogens with one attached hydrogen (secondary N) is 1. The number of likely N-dealkylation sites (N-methyl/N-ethyl adjacent to an activating group) is 1. The van der Waals surface area contributed by atoms with E-state index in [1.54, 1.807) is 20.9 Å². The maximum Gasteiger partial charge on any atom is 0.332 e. The Kier molecular flexibility index (Phi) is 8.70. The molecular formula is C12H22N4O5. The number of carbonyl (C=O) groups is 3. The molecule has 9 nitrogen and oxygen atoms in total. The third kappa shape index (κ3) is 7.25. The molecule has 0 spiro atoms. The zero-order chi connectivity index (χ0) is 16.4. The maximum atomic E-state index is 12.0. The average Bonchev–Trinajstić information content (AvgIpc) is 2.36. The van der Waals surface area contributed by atoms with Crippen molar-refractivity contribution in [3.8, 4) is 0 Å². The summed E-state index contributed by atoms with van der Waals surface area (Å²) in [5, 5.41) is 3.70. The highest BCUT2D eigenvalue weighted by molar-refractivity contribution is 6.05. The van der Waals surface area contributed by atoms with Crippen LogP contribution < -0.4 is 11.2 Å². The van der Waals surface area contributed by atoms with Gasteiger partial charge in [-0.15, -0.1) is 0 Å². The van der Waals surface area contributed by atoms with Crippen molar-refractivity contribution < 1.29 is 23.9 Å². The van der Waals surface area contributed by atoms with E-state index >= 15 is 0 Å². The number of esters is 2. The van der Waals surface area contributed by atoms with E-state index in [4.69, 9.17) is 15.2 Å². The first kappa shape index (κ1) is 18.8. The lowest BCUT2D eigenvalue weighted by atomic mass is 10.1. The molecule has 9 heteroatoms. The molecule has 0 aliphatic heterocycles. The van der Waals surface area contributed by atoms with E-state index in [-0.39, 0.29) is 25.5 Å². The third-order valence-electron chi connectivity index (χ3n) is 2.37. The van der Waals surface area contributed by atoms with Crippen molar-refractivity contribution in [1.29, 1.82) is 0 Å². The van der Waals surface area contributed by atoms with Gasteiger partial charge in [-0.1, -0.05) is 0 Å². The Labute approximate surface area is 123 Å². The van der Waals surface area contributed by atoms with Crippen LogP contribution >= 0.6 is 0 Å². The largest absolute Gasteiger partial charge is 0.465 e. The summed E-state index contributed by atoms with van der Waals surface area (Å²) in [6.45, 7) is 5.16. The highest BCUT2D eigenvalue weighted by Gasteiger charge is 2.29. The van der Waals surface area contributed by atoms with E-state index in [2.05, 4.69) is 5.10 Å². The molecule has 0 radical (unpaired) electrons. The van der Waals surface area contributed by atoms with Crippen LogP contribution in [0, 0.1) is 0 Å². The van der Waals surface area contributed by atoms with Crippen molar-refractivity contribution in [3.63, 3.8) is 0 Å². The number of urea groups is 1. The number of hydrogen-bond acceptors (Lipinski definition) is 7. The normalized spacial score (nSPS) is 12.7. The first-order chi connectivity index (χ1) is 9.83. The van der Waals surface area contributed by atoms with Gasteiger partial charge in [0.05, 0.1) is 25.5 Å². The number of ether oxygens (including phenoxy) is 2. The third-order valence-corrected chi connectivity index (χ3v) is 2.37. The minimum absolute atomic E-state index is 0.124. The van der Waals surface area contributed by atoms with E-state index in [1.807, 2.05) is 5.43 Å². The molecule has 120 valence electrons. The highest BCUT2D eigenvalue weighted by Crippen LogP contribution is 2.03. The van der Waals surface area contributed by atoms with Crippen molar-refractivity contribution in [2.45, 2.75) is 26.8 Å². The lowest BCUT2D eigenvalue weighted by Crippen LogP contribution is -2.47. The van der Waals surface area contributed by atoms with Crippen molar-refractivity contribution >= 4 is 23.7 Å². The van der Waals surface area contributed by atoms with Crippen LogP contribution in [-0.2, 0) is 19.1 Å². The molecule has 0 bridgehead atoms. The highest BCUT2D eigenvalue weighted by atomic mass is 16.5. The minimum atomic E-state index is -0.929. The molecule has 0 saturated heterocycles. The molecule has 21 heavy (non-hydrogen) atoms. The number of primary amides is 1. The van der Waals surface area contributed by atoms with E-state index in [9.17, 15) is 14.4 Å².